The number of ether oxygens (including phenoxy) is 1. The number of amides is 2. The van der Waals surface area contributed by atoms with Gasteiger partial charge in [0.05, 0.1) is 4.47 Å². The molecule has 2 aromatic carbocycles. The third kappa shape index (κ3) is 5.57. The zero-order valence-corrected chi connectivity index (χ0v) is 16.6. The van der Waals surface area contributed by atoms with Gasteiger partial charge in [0, 0.05) is 5.92 Å². The lowest BCUT2D eigenvalue weighted by molar-refractivity contribution is -0.132. The largest absolute Gasteiger partial charge is 0.483 e. The molecule has 0 saturated heterocycles. The van der Waals surface area contributed by atoms with Crippen molar-refractivity contribution >= 4 is 27.7 Å². The quantitative estimate of drug-likeness (QED) is 0.697. The van der Waals surface area contributed by atoms with Gasteiger partial charge in [-0.2, -0.15) is 0 Å². The molecule has 6 heteroatoms. The van der Waals surface area contributed by atoms with Gasteiger partial charge in [0.15, 0.2) is 6.61 Å². The van der Waals surface area contributed by atoms with Crippen LogP contribution < -0.4 is 15.6 Å². The maximum atomic E-state index is 12.0. The Balaban J connectivity index is 1.48. The van der Waals surface area contributed by atoms with Gasteiger partial charge in [-0.25, -0.2) is 0 Å². The van der Waals surface area contributed by atoms with Gasteiger partial charge in [0.25, 0.3) is 5.91 Å². The second-order valence-electron chi connectivity index (χ2n) is 6.67. The molecule has 0 bridgehead atoms. The molecule has 0 aliphatic heterocycles. The van der Waals surface area contributed by atoms with Gasteiger partial charge in [0.2, 0.25) is 5.91 Å². The van der Waals surface area contributed by atoms with Gasteiger partial charge in [-0.05, 0) is 52.0 Å². The fourth-order valence-electron chi connectivity index (χ4n) is 3.21. The molecule has 0 radical (unpaired) electrons. The summed E-state index contributed by atoms with van der Waals surface area (Å²) in [4.78, 5) is 24.0. The number of hydrogen-bond acceptors (Lipinski definition) is 3. The van der Waals surface area contributed by atoms with E-state index < -0.39 is 5.91 Å². The summed E-state index contributed by atoms with van der Waals surface area (Å²) < 4.78 is 6.32. The van der Waals surface area contributed by atoms with Crippen LogP contribution in [0.2, 0.25) is 0 Å². The van der Waals surface area contributed by atoms with E-state index in [1.54, 1.807) is 0 Å². The maximum absolute atomic E-state index is 12.0. The van der Waals surface area contributed by atoms with Crippen LogP contribution in [0.4, 0.5) is 0 Å². The number of nitrogens with one attached hydrogen (secondary N) is 2. The highest BCUT2D eigenvalue weighted by molar-refractivity contribution is 9.10. The van der Waals surface area contributed by atoms with Gasteiger partial charge in [-0.1, -0.05) is 55.7 Å². The molecule has 1 saturated carbocycles. The third-order valence-electron chi connectivity index (χ3n) is 4.70. The van der Waals surface area contributed by atoms with Crippen molar-refractivity contribution in [3.63, 3.8) is 0 Å². The van der Waals surface area contributed by atoms with Gasteiger partial charge < -0.3 is 4.74 Å². The number of hydrogen-bond donors (Lipinski definition) is 2. The molecule has 0 spiro atoms. The zero-order chi connectivity index (χ0) is 19.1. The van der Waals surface area contributed by atoms with E-state index in [-0.39, 0.29) is 18.4 Å². The topological polar surface area (TPSA) is 67.4 Å². The minimum absolute atomic E-state index is 0.000330. The summed E-state index contributed by atoms with van der Waals surface area (Å²) in [5.74, 6) is 0.0673. The Morgan fingerprint density at radius 3 is 2.41 bits per heavy atom. The Morgan fingerprint density at radius 2 is 1.70 bits per heavy atom. The van der Waals surface area contributed by atoms with Crippen molar-refractivity contribution < 1.29 is 14.3 Å². The van der Waals surface area contributed by atoms with E-state index in [2.05, 4.69) is 26.8 Å². The van der Waals surface area contributed by atoms with Crippen LogP contribution in [0.15, 0.2) is 53.0 Å². The van der Waals surface area contributed by atoms with E-state index in [1.165, 1.54) is 6.42 Å². The Labute approximate surface area is 167 Å². The van der Waals surface area contributed by atoms with Crippen LogP contribution in [0.5, 0.6) is 5.75 Å². The van der Waals surface area contributed by atoms with E-state index in [0.29, 0.717) is 5.75 Å². The predicted octanol–water partition coefficient (Wildman–Crippen LogP) is 4.22. The van der Waals surface area contributed by atoms with E-state index in [9.17, 15) is 9.59 Å². The molecular formula is C21H23BrN2O3. The van der Waals surface area contributed by atoms with Crippen LogP contribution in [-0.4, -0.2) is 18.4 Å². The van der Waals surface area contributed by atoms with Crippen molar-refractivity contribution in [1.29, 1.82) is 0 Å². The van der Waals surface area contributed by atoms with Gasteiger partial charge >= 0.3 is 0 Å². The number of halogens is 1. The first-order chi connectivity index (χ1) is 13.1. The molecule has 0 unspecified atom stereocenters. The molecule has 1 aliphatic rings. The lowest BCUT2D eigenvalue weighted by atomic mass is 9.89. The number of rotatable bonds is 5. The highest BCUT2D eigenvalue weighted by atomic mass is 79.9. The van der Waals surface area contributed by atoms with Gasteiger partial charge in [0.1, 0.15) is 5.75 Å². The summed E-state index contributed by atoms with van der Waals surface area (Å²) in [5, 5.41) is 0. The molecule has 2 aromatic rings. The molecule has 0 atom stereocenters. The van der Waals surface area contributed by atoms with Gasteiger partial charge in [-0.15, -0.1) is 0 Å². The smallest absolute Gasteiger partial charge is 0.276 e. The van der Waals surface area contributed by atoms with Crippen molar-refractivity contribution in [2.45, 2.75) is 32.1 Å². The second kappa shape index (κ2) is 9.55. The minimum atomic E-state index is -0.391. The molecule has 3 rings (SSSR count). The van der Waals surface area contributed by atoms with Crippen LogP contribution in [0.25, 0.3) is 11.1 Å². The standard InChI is InChI=1S/C21H23BrN2O3/c22-18-13-17(15-7-3-1-4-8-15)11-12-19(18)27-14-20(25)23-24-21(26)16-9-5-2-6-10-16/h1,3-4,7-8,11-13,16H,2,5-6,9-10,14H2,(H,23,25)(H,24,26). The Bertz CT molecular complexity index is 789. The van der Waals surface area contributed by atoms with Crippen molar-refractivity contribution in [1.82, 2.24) is 10.9 Å². The summed E-state index contributed by atoms with van der Waals surface area (Å²) in [5.41, 5.74) is 7.09. The summed E-state index contributed by atoms with van der Waals surface area (Å²) >= 11 is 3.48. The molecule has 2 N–H and O–H groups in total. The fourth-order valence-corrected chi connectivity index (χ4v) is 3.70. The number of carbonyl (C=O) groups excluding carboxylic acids is 2. The molecule has 142 valence electrons. The molecule has 27 heavy (non-hydrogen) atoms. The van der Waals surface area contributed by atoms with Crippen molar-refractivity contribution in [2.24, 2.45) is 5.92 Å². The number of benzene rings is 2. The SMILES string of the molecule is O=C(COc1ccc(-c2ccccc2)cc1Br)NNC(=O)C1CCCCC1. The van der Waals surface area contributed by atoms with Crippen molar-refractivity contribution in [2.75, 3.05) is 6.61 Å². The van der Waals surface area contributed by atoms with Crippen molar-refractivity contribution in [3.8, 4) is 16.9 Å². The molecule has 1 fully saturated rings. The minimum Gasteiger partial charge on any atom is -0.483 e. The Kier molecular flexibility index (Phi) is 6.87. The molecular weight excluding hydrogens is 408 g/mol. The lowest BCUT2D eigenvalue weighted by Gasteiger charge is -2.20. The first kappa shape index (κ1) is 19.4. The number of hydrazine groups is 1. The predicted molar refractivity (Wildman–Crippen MR) is 108 cm³/mol. The van der Waals surface area contributed by atoms with Crippen LogP contribution in [0.3, 0.4) is 0 Å². The van der Waals surface area contributed by atoms with E-state index >= 15 is 0 Å². The summed E-state index contributed by atoms with van der Waals surface area (Å²) in [6, 6.07) is 15.7. The molecule has 1 aliphatic carbocycles. The summed E-state index contributed by atoms with van der Waals surface area (Å²) in [7, 11) is 0. The van der Waals surface area contributed by atoms with Crippen molar-refractivity contribution in [3.05, 3.63) is 53.0 Å². The number of carbonyl (C=O) groups is 2. The normalized spacial score (nSPS) is 14.4. The lowest BCUT2D eigenvalue weighted by Crippen LogP contribution is -2.46. The Morgan fingerprint density at radius 1 is 0.963 bits per heavy atom. The van der Waals surface area contributed by atoms with Crippen LogP contribution in [0, 0.1) is 5.92 Å². The van der Waals surface area contributed by atoms with E-state index in [4.69, 9.17) is 4.74 Å². The molecule has 2 amide bonds. The molecule has 5 nitrogen and oxygen atoms in total. The monoisotopic (exact) mass is 430 g/mol. The second-order valence-corrected chi connectivity index (χ2v) is 7.53. The average molecular weight is 431 g/mol. The fraction of sp³-hybridized carbons (Fsp3) is 0.333. The highest BCUT2D eigenvalue weighted by Crippen LogP contribution is 2.30. The average Bonchev–Trinajstić information content (AvgIpc) is 2.72. The third-order valence-corrected chi connectivity index (χ3v) is 5.32. The zero-order valence-electron chi connectivity index (χ0n) is 15.0. The van der Waals surface area contributed by atoms with Crippen LogP contribution in [-0.2, 0) is 9.59 Å². The maximum Gasteiger partial charge on any atom is 0.276 e. The Hall–Kier alpha value is -2.34. The van der Waals surface area contributed by atoms with Crippen LogP contribution in [0.1, 0.15) is 32.1 Å². The van der Waals surface area contributed by atoms with Crippen LogP contribution >= 0.6 is 15.9 Å². The summed E-state index contributed by atoms with van der Waals surface area (Å²) in [6.45, 7) is -0.172. The summed E-state index contributed by atoms with van der Waals surface area (Å²) in [6.07, 6.45) is 5.10. The molecule has 0 aromatic heterocycles. The first-order valence-electron chi connectivity index (χ1n) is 9.20. The molecule has 0 heterocycles. The van der Waals surface area contributed by atoms with E-state index in [0.717, 1.165) is 41.3 Å². The highest BCUT2D eigenvalue weighted by Gasteiger charge is 2.21. The van der Waals surface area contributed by atoms with Gasteiger partial charge in [-0.3, -0.25) is 20.4 Å². The first-order valence-corrected chi connectivity index (χ1v) is 9.99. The van der Waals surface area contributed by atoms with E-state index in [1.807, 2.05) is 48.5 Å².